The Morgan fingerprint density at radius 1 is 1.16 bits per heavy atom. The fourth-order valence-electron chi connectivity index (χ4n) is 1.95. The van der Waals surface area contributed by atoms with Gasteiger partial charge in [0.25, 0.3) is 0 Å². The average molecular weight is 253 g/mol. The lowest BCUT2D eigenvalue weighted by molar-refractivity contribution is 0.372. The standard InChI is InChI=1S/C15H15N3O/c16-12-6-7-13-14(8-12)19-10-15(18-13)17-9-11-4-2-1-3-5-11/h1-8H,9-10,16H2,(H,17,18). The molecule has 4 heteroatoms. The first-order chi connectivity index (χ1) is 9.31. The molecule has 0 bridgehead atoms. The second-order valence-corrected chi connectivity index (χ2v) is 4.42. The van der Waals surface area contributed by atoms with Gasteiger partial charge in [0.1, 0.15) is 18.2 Å². The maximum atomic E-state index is 5.71. The van der Waals surface area contributed by atoms with Crippen molar-refractivity contribution in [2.24, 2.45) is 4.99 Å². The Labute approximate surface area is 111 Å². The highest BCUT2D eigenvalue weighted by Gasteiger charge is 2.14. The molecule has 0 atom stereocenters. The third kappa shape index (κ3) is 2.68. The molecular formula is C15H15N3O. The van der Waals surface area contributed by atoms with Crippen LogP contribution in [0.3, 0.4) is 0 Å². The van der Waals surface area contributed by atoms with E-state index in [0.29, 0.717) is 18.8 Å². The van der Waals surface area contributed by atoms with Gasteiger partial charge in [0.05, 0.1) is 12.2 Å². The van der Waals surface area contributed by atoms with E-state index in [0.717, 1.165) is 17.3 Å². The van der Waals surface area contributed by atoms with E-state index in [-0.39, 0.29) is 0 Å². The van der Waals surface area contributed by atoms with Gasteiger partial charge in [0, 0.05) is 11.8 Å². The minimum absolute atomic E-state index is 0.448. The molecule has 3 rings (SSSR count). The number of nitrogens with zero attached hydrogens (tertiary/aromatic N) is 1. The molecule has 0 unspecified atom stereocenters. The van der Waals surface area contributed by atoms with E-state index < -0.39 is 0 Å². The monoisotopic (exact) mass is 253 g/mol. The molecule has 0 aromatic heterocycles. The van der Waals surface area contributed by atoms with Crippen LogP contribution in [0.5, 0.6) is 5.75 Å². The topological polar surface area (TPSA) is 59.6 Å². The molecule has 1 heterocycles. The Kier molecular flexibility index (Phi) is 3.06. The van der Waals surface area contributed by atoms with Crippen molar-refractivity contribution >= 4 is 17.2 Å². The summed E-state index contributed by atoms with van der Waals surface area (Å²) in [5.41, 5.74) is 8.50. The Morgan fingerprint density at radius 3 is 2.84 bits per heavy atom. The second-order valence-electron chi connectivity index (χ2n) is 4.42. The number of fused-ring (bicyclic) bond motifs is 1. The highest BCUT2D eigenvalue weighted by Crippen LogP contribution is 2.29. The van der Waals surface area contributed by atoms with Crippen molar-refractivity contribution in [2.75, 3.05) is 17.7 Å². The Hall–Kier alpha value is -2.49. The maximum absolute atomic E-state index is 5.71. The first kappa shape index (κ1) is 11.6. The summed E-state index contributed by atoms with van der Waals surface area (Å²) in [6, 6.07) is 15.7. The van der Waals surface area contributed by atoms with Crippen molar-refractivity contribution in [1.29, 1.82) is 0 Å². The van der Waals surface area contributed by atoms with Gasteiger partial charge in [-0.15, -0.1) is 0 Å². The molecule has 1 aliphatic heterocycles. The van der Waals surface area contributed by atoms with Crippen LogP contribution in [0.1, 0.15) is 5.56 Å². The molecule has 0 saturated heterocycles. The van der Waals surface area contributed by atoms with Gasteiger partial charge in [-0.05, 0) is 17.7 Å². The van der Waals surface area contributed by atoms with E-state index >= 15 is 0 Å². The Bertz CT molecular complexity index is 608. The van der Waals surface area contributed by atoms with Crippen LogP contribution in [0.2, 0.25) is 0 Å². The molecule has 96 valence electrons. The average Bonchev–Trinajstić information content (AvgIpc) is 2.46. The van der Waals surface area contributed by atoms with Crippen LogP contribution in [-0.4, -0.2) is 12.4 Å². The van der Waals surface area contributed by atoms with Gasteiger partial charge in [-0.1, -0.05) is 30.3 Å². The fourth-order valence-corrected chi connectivity index (χ4v) is 1.95. The summed E-state index contributed by atoms with van der Waals surface area (Å²) in [6.45, 7) is 1.10. The van der Waals surface area contributed by atoms with Crippen LogP contribution in [0.4, 0.5) is 11.4 Å². The van der Waals surface area contributed by atoms with E-state index in [9.17, 15) is 0 Å². The van der Waals surface area contributed by atoms with Crippen molar-refractivity contribution in [2.45, 2.75) is 6.54 Å². The van der Waals surface area contributed by atoms with Gasteiger partial charge >= 0.3 is 0 Å². The van der Waals surface area contributed by atoms with Crippen molar-refractivity contribution in [3.63, 3.8) is 0 Å². The first-order valence-corrected chi connectivity index (χ1v) is 6.18. The summed E-state index contributed by atoms with van der Waals surface area (Å²) < 4.78 is 5.63. The van der Waals surface area contributed by atoms with Crippen molar-refractivity contribution in [1.82, 2.24) is 0 Å². The van der Waals surface area contributed by atoms with Crippen LogP contribution in [0.25, 0.3) is 0 Å². The van der Waals surface area contributed by atoms with Gasteiger partial charge in [-0.3, -0.25) is 4.99 Å². The van der Waals surface area contributed by atoms with Gasteiger partial charge < -0.3 is 15.8 Å². The van der Waals surface area contributed by atoms with E-state index in [4.69, 9.17) is 10.5 Å². The normalized spacial score (nSPS) is 15.5. The minimum atomic E-state index is 0.448. The van der Waals surface area contributed by atoms with E-state index in [1.54, 1.807) is 0 Å². The smallest absolute Gasteiger partial charge is 0.146 e. The number of benzene rings is 2. The number of nitrogens with one attached hydrogen (secondary N) is 1. The summed E-state index contributed by atoms with van der Waals surface area (Å²) in [7, 11) is 0. The zero-order chi connectivity index (χ0) is 13.1. The number of amidine groups is 1. The fraction of sp³-hybridized carbons (Fsp3) is 0.133. The summed E-state index contributed by atoms with van der Waals surface area (Å²) in [6.07, 6.45) is 0. The molecule has 2 aromatic rings. The number of ether oxygens (including phenoxy) is 1. The number of aliphatic imine (C=N–C) groups is 1. The molecule has 0 spiro atoms. The van der Waals surface area contributed by atoms with Crippen LogP contribution in [0, 0.1) is 0 Å². The van der Waals surface area contributed by atoms with Crippen LogP contribution < -0.4 is 15.8 Å². The van der Waals surface area contributed by atoms with Crippen LogP contribution >= 0.6 is 0 Å². The SMILES string of the molecule is Nc1ccc2c(c1)OCC(=NCc1ccccc1)N2. The van der Waals surface area contributed by atoms with Crippen molar-refractivity contribution in [3.05, 3.63) is 54.1 Å². The number of nitrogen functional groups attached to an aromatic ring is 1. The first-order valence-electron chi connectivity index (χ1n) is 6.18. The zero-order valence-electron chi connectivity index (χ0n) is 10.5. The molecule has 0 amide bonds. The molecular weight excluding hydrogens is 238 g/mol. The summed E-state index contributed by atoms with van der Waals surface area (Å²) in [4.78, 5) is 4.52. The lowest BCUT2D eigenvalue weighted by atomic mass is 10.2. The molecule has 0 aliphatic carbocycles. The third-order valence-corrected chi connectivity index (χ3v) is 2.94. The Morgan fingerprint density at radius 2 is 2.00 bits per heavy atom. The van der Waals surface area contributed by atoms with E-state index in [1.165, 1.54) is 5.56 Å². The van der Waals surface area contributed by atoms with Crippen molar-refractivity contribution < 1.29 is 4.74 Å². The molecule has 3 N–H and O–H groups in total. The molecule has 2 aromatic carbocycles. The number of anilines is 2. The number of nitrogens with two attached hydrogens (primary N) is 1. The van der Waals surface area contributed by atoms with Gasteiger partial charge in [-0.2, -0.15) is 0 Å². The third-order valence-electron chi connectivity index (χ3n) is 2.94. The Balaban J connectivity index is 1.73. The summed E-state index contributed by atoms with van der Waals surface area (Å²) in [5.74, 6) is 1.61. The van der Waals surface area contributed by atoms with Crippen molar-refractivity contribution in [3.8, 4) is 5.75 Å². The number of hydrogen-bond acceptors (Lipinski definition) is 3. The molecule has 0 saturated carbocycles. The maximum Gasteiger partial charge on any atom is 0.146 e. The van der Waals surface area contributed by atoms with Gasteiger partial charge in [0.2, 0.25) is 0 Å². The minimum Gasteiger partial charge on any atom is -0.483 e. The quantitative estimate of drug-likeness (QED) is 0.809. The largest absolute Gasteiger partial charge is 0.483 e. The highest BCUT2D eigenvalue weighted by atomic mass is 16.5. The zero-order valence-corrected chi connectivity index (χ0v) is 10.5. The number of hydrogen-bond donors (Lipinski definition) is 2. The number of rotatable bonds is 2. The summed E-state index contributed by atoms with van der Waals surface area (Å²) in [5, 5.41) is 3.26. The molecule has 1 aliphatic rings. The lowest BCUT2D eigenvalue weighted by Gasteiger charge is -2.21. The lowest BCUT2D eigenvalue weighted by Crippen LogP contribution is -2.26. The molecule has 4 nitrogen and oxygen atoms in total. The summed E-state index contributed by atoms with van der Waals surface area (Å²) >= 11 is 0. The molecule has 0 radical (unpaired) electrons. The predicted molar refractivity (Wildman–Crippen MR) is 77.6 cm³/mol. The van der Waals surface area contributed by atoms with Crippen LogP contribution in [0.15, 0.2) is 53.5 Å². The molecule has 19 heavy (non-hydrogen) atoms. The van der Waals surface area contributed by atoms with E-state index in [2.05, 4.69) is 22.4 Å². The van der Waals surface area contributed by atoms with Gasteiger partial charge in [0.15, 0.2) is 0 Å². The van der Waals surface area contributed by atoms with Gasteiger partial charge in [-0.25, -0.2) is 0 Å². The van der Waals surface area contributed by atoms with Crippen LogP contribution in [-0.2, 0) is 6.54 Å². The highest BCUT2D eigenvalue weighted by molar-refractivity contribution is 5.99. The predicted octanol–water partition coefficient (Wildman–Crippen LogP) is 2.67. The molecule has 0 fully saturated rings. The van der Waals surface area contributed by atoms with E-state index in [1.807, 2.05) is 36.4 Å². The second kappa shape index (κ2) is 5.02.